The van der Waals surface area contributed by atoms with Crippen molar-refractivity contribution in [3.8, 4) is 0 Å². The van der Waals surface area contributed by atoms with E-state index in [1.165, 1.54) is 6.08 Å². The van der Waals surface area contributed by atoms with Gasteiger partial charge in [-0.15, -0.1) is 0 Å². The Bertz CT molecular complexity index is 408. The van der Waals surface area contributed by atoms with Crippen LogP contribution in [0.15, 0.2) is 29.3 Å². The van der Waals surface area contributed by atoms with Crippen LogP contribution >= 0.6 is 0 Å². The topological polar surface area (TPSA) is 66.7 Å². The number of carbonyl (C=O) groups excluding carboxylic acids is 1. The lowest BCUT2D eigenvalue weighted by Crippen LogP contribution is -2.04. The van der Waals surface area contributed by atoms with Gasteiger partial charge in [0.2, 0.25) is 6.08 Å². The van der Waals surface area contributed by atoms with Gasteiger partial charge in [0.25, 0.3) is 0 Å². The summed E-state index contributed by atoms with van der Waals surface area (Å²) in [5.41, 5.74) is 1.73. The summed E-state index contributed by atoms with van der Waals surface area (Å²) in [6, 6.07) is 6.63. The van der Waals surface area contributed by atoms with E-state index in [9.17, 15) is 9.59 Å². The lowest BCUT2D eigenvalue weighted by molar-refractivity contribution is -0.137. The Morgan fingerprint density at radius 2 is 2.33 bits per heavy atom. The van der Waals surface area contributed by atoms with Crippen LogP contribution in [-0.4, -0.2) is 17.2 Å². The monoisotopic (exact) mass is 205 g/mol. The number of carbonyl (C=O) groups is 1. The van der Waals surface area contributed by atoms with Crippen LogP contribution in [0, 0.1) is 6.92 Å². The number of benzene rings is 1. The Morgan fingerprint density at radius 3 is 2.87 bits per heavy atom. The van der Waals surface area contributed by atoms with Crippen LogP contribution in [0.2, 0.25) is 0 Å². The third-order valence-corrected chi connectivity index (χ3v) is 2.00. The van der Waals surface area contributed by atoms with Crippen LogP contribution in [-0.2, 0) is 9.59 Å². The van der Waals surface area contributed by atoms with Gasteiger partial charge in [0, 0.05) is 0 Å². The molecule has 78 valence electrons. The minimum absolute atomic E-state index is 0.196. The molecular weight excluding hydrogens is 194 g/mol. The van der Waals surface area contributed by atoms with Crippen LogP contribution in [0.25, 0.3) is 0 Å². The zero-order valence-corrected chi connectivity index (χ0v) is 8.30. The van der Waals surface area contributed by atoms with Crippen LogP contribution in [0.4, 0.5) is 0 Å². The van der Waals surface area contributed by atoms with Gasteiger partial charge >= 0.3 is 5.97 Å². The number of aliphatic carboxylic acids is 1. The molecule has 0 aromatic heterocycles. The van der Waals surface area contributed by atoms with Crippen molar-refractivity contribution in [1.82, 2.24) is 0 Å². The highest BCUT2D eigenvalue weighted by Crippen LogP contribution is 2.21. The Hall–Kier alpha value is -1.93. The average Bonchev–Trinajstić information content (AvgIpc) is 2.16. The van der Waals surface area contributed by atoms with Crippen LogP contribution in [0.3, 0.4) is 0 Å². The zero-order valence-electron chi connectivity index (χ0n) is 8.30. The van der Waals surface area contributed by atoms with Crippen LogP contribution in [0.5, 0.6) is 0 Å². The lowest BCUT2D eigenvalue weighted by Gasteiger charge is -2.08. The molecule has 0 saturated heterocycles. The summed E-state index contributed by atoms with van der Waals surface area (Å²) in [4.78, 5) is 24.2. The van der Waals surface area contributed by atoms with Gasteiger partial charge in [0.05, 0.1) is 12.5 Å². The normalized spacial score (nSPS) is 11.5. The summed E-state index contributed by atoms with van der Waals surface area (Å²) >= 11 is 0. The highest BCUT2D eigenvalue weighted by Gasteiger charge is 2.14. The maximum Gasteiger partial charge on any atom is 0.305 e. The van der Waals surface area contributed by atoms with Gasteiger partial charge in [0.1, 0.15) is 0 Å². The van der Waals surface area contributed by atoms with Gasteiger partial charge in [-0.25, -0.2) is 4.79 Å². The molecule has 0 fully saturated rings. The summed E-state index contributed by atoms with van der Waals surface area (Å²) in [5, 5.41) is 8.65. The molecule has 0 saturated carbocycles. The van der Waals surface area contributed by atoms with Gasteiger partial charge in [0.15, 0.2) is 0 Å². The molecule has 0 amide bonds. The molecule has 4 heteroatoms. The van der Waals surface area contributed by atoms with Gasteiger partial charge in [-0.2, -0.15) is 4.99 Å². The zero-order chi connectivity index (χ0) is 11.3. The second kappa shape index (κ2) is 5.08. The predicted molar refractivity (Wildman–Crippen MR) is 54.3 cm³/mol. The standard InChI is InChI=1S/C11H11NO3/c1-8-3-2-4-9(5-8)10(12-7-13)6-11(14)15/h2-5,10H,6H2,1H3,(H,14,15). The fourth-order valence-corrected chi connectivity index (χ4v) is 1.34. The molecular formula is C11H11NO3. The summed E-state index contributed by atoms with van der Waals surface area (Å²) in [7, 11) is 0. The number of isocyanates is 1. The van der Waals surface area contributed by atoms with Gasteiger partial charge in [-0.05, 0) is 12.5 Å². The summed E-state index contributed by atoms with van der Waals surface area (Å²) < 4.78 is 0. The summed E-state index contributed by atoms with van der Waals surface area (Å²) in [6.45, 7) is 1.89. The SMILES string of the molecule is Cc1cccc(C(CC(=O)O)N=C=O)c1. The molecule has 1 atom stereocenters. The van der Waals surface area contributed by atoms with Gasteiger partial charge in [-0.3, -0.25) is 4.79 Å². The Kier molecular flexibility index (Phi) is 3.77. The van der Waals surface area contributed by atoms with Gasteiger partial charge < -0.3 is 5.11 Å². The number of aryl methyl sites for hydroxylation is 1. The van der Waals surface area contributed by atoms with E-state index >= 15 is 0 Å². The molecule has 0 aliphatic rings. The van der Waals surface area contributed by atoms with Crippen molar-refractivity contribution in [2.45, 2.75) is 19.4 Å². The highest BCUT2D eigenvalue weighted by atomic mass is 16.4. The summed E-state index contributed by atoms with van der Waals surface area (Å²) in [5.74, 6) is -0.986. The second-order valence-corrected chi connectivity index (χ2v) is 3.25. The van der Waals surface area contributed by atoms with Crippen molar-refractivity contribution in [3.05, 3.63) is 35.4 Å². The first-order chi connectivity index (χ1) is 7.13. The minimum atomic E-state index is -0.986. The molecule has 0 heterocycles. The van der Waals surface area contributed by atoms with E-state index in [4.69, 9.17) is 5.11 Å². The van der Waals surface area contributed by atoms with Crippen molar-refractivity contribution >= 4 is 12.0 Å². The molecule has 1 aromatic carbocycles. The van der Waals surface area contributed by atoms with E-state index in [1.807, 2.05) is 19.1 Å². The molecule has 0 spiro atoms. The number of nitrogens with zero attached hydrogens (tertiary/aromatic N) is 1. The molecule has 4 nitrogen and oxygen atoms in total. The first-order valence-corrected chi connectivity index (χ1v) is 4.49. The van der Waals surface area contributed by atoms with E-state index < -0.39 is 12.0 Å². The maximum absolute atomic E-state index is 10.6. The maximum atomic E-state index is 10.6. The molecule has 0 aliphatic heterocycles. The van der Waals surface area contributed by atoms with E-state index in [2.05, 4.69) is 4.99 Å². The number of rotatable bonds is 4. The Morgan fingerprint density at radius 1 is 1.60 bits per heavy atom. The van der Waals surface area contributed by atoms with E-state index in [0.29, 0.717) is 0 Å². The van der Waals surface area contributed by atoms with Crippen molar-refractivity contribution in [2.75, 3.05) is 0 Å². The first kappa shape index (κ1) is 11.1. The van der Waals surface area contributed by atoms with Gasteiger partial charge in [-0.1, -0.05) is 29.8 Å². The van der Waals surface area contributed by atoms with Crippen molar-refractivity contribution in [3.63, 3.8) is 0 Å². The quantitative estimate of drug-likeness (QED) is 0.602. The van der Waals surface area contributed by atoms with Crippen LogP contribution in [0.1, 0.15) is 23.6 Å². The molecule has 0 bridgehead atoms. The second-order valence-electron chi connectivity index (χ2n) is 3.25. The van der Waals surface area contributed by atoms with E-state index in [-0.39, 0.29) is 6.42 Å². The Labute approximate surface area is 87.3 Å². The third kappa shape index (κ3) is 3.37. The average molecular weight is 205 g/mol. The highest BCUT2D eigenvalue weighted by molar-refractivity contribution is 5.68. The van der Waals surface area contributed by atoms with E-state index in [1.54, 1.807) is 12.1 Å². The third-order valence-electron chi connectivity index (χ3n) is 2.00. The fraction of sp³-hybridized carbons (Fsp3) is 0.273. The van der Waals surface area contributed by atoms with E-state index in [0.717, 1.165) is 11.1 Å². The number of carboxylic acid groups (broad SMARTS) is 1. The van der Waals surface area contributed by atoms with Crippen molar-refractivity contribution < 1.29 is 14.7 Å². The molecule has 1 N–H and O–H groups in total. The number of carboxylic acids is 1. The molecule has 1 unspecified atom stereocenters. The number of hydrogen-bond donors (Lipinski definition) is 1. The largest absolute Gasteiger partial charge is 0.481 e. The van der Waals surface area contributed by atoms with Crippen LogP contribution < -0.4 is 0 Å². The minimum Gasteiger partial charge on any atom is -0.481 e. The molecule has 0 aliphatic carbocycles. The Balaban J connectivity index is 2.98. The molecule has 1 rings (SSSR count). The number of hydrogen-bond acceptors (Lipinski definition) is 3. The summed E-state index contributed by atoms with van der Waals surface area (Å²) in [6.07, 6.45) is 1.21. The molecule has 1 aromatic rings. The van der Waals surface area contributed by atoms with Crippen molar-refractivity contribution in [2.24, 2.45) is 4.99 Å². The lowest BCUT2D eigenvalue weighted by atomic mass is 10.0. The van der Waals surface area contributed by atoms with Crippen molar-refractivity contribution in [1.29, 1.82) is 0 Å². The predicted octanol–water partition coefficient (Wildman–Crippen LogP) is 1.85. The fourth-order valence-electron chi connectivity index (χ4n) is 1.34. The molecule has 15 heavy (non-hydrogen) atoms. The first-order valence-electron chi connectivity index (χ1n) is 4.49. The smallest absolute Gasteiger partial charge is 0.305 e. The molecule has 0 radical (unpaired) electrons. The number of aliphatic imine (C=N–C) groups is 1.